The molecule has 0 bridgehead atoms. The van der Waals surface area contributed by atoms with Crippen molar-refractivity contribution in [2.45, 2.75) is 52.1 Å². The molecule has 0 spiro atoms. The zero-order valence-corrected chi connectivity index (χ0v) is 19.6. The highest BCUT2D eigenvalue weighted by molar-refractivity contribution is 6.33. The quantitative estimate of drug-likeness (QED) is 0.533. The molecule has 0 radical (unpaired) electrons. The van der Waals surface area contributed by atoms with Crippen molar-refractivity contribution in [3.8, 4) is 17.0 Å². The molecule has 4 rings (SSSR count). The summed E-state index contributed by atoms with van der Waals surface area (Å²) in [6.07, 6.45) is -0.261. The Hall–Kier alpha value is -3.05. The number of anilines is 1. The van der Waals surface area contributed by atoms with Gasteiger partial charge in [-0.2, -0.15) is 5.10 Å². The van der Waals surface area contributed by atoms with Gasteiger partial charge in [0.1, 0.15) is 16.6 Å². The van der Waals surface area contributed by atoms with Crippen LogP contribution in [0.5, 0.6) is 5.88 Å². The Morgan fingerprint density at radius 3 is 2.79 bits per heavy atom. The average Bonchev–Trinajstić information content (AvgIpc) is 3.33. The van der Waals surface area contributed by atoms with Crippen LogP contribution in [0.2, 0.25) is 5.02 Å². The van der Waals surface area contributed by atoms with Crippen molar-refractivity contribution in [2.24, 2.45) is 0 Å². The molecule has 9 nitrogen and oxygen atoms in total. The highest BCUT2D eigenvalue weighted by atomic mass is 35.5. The van der Waals surface area contributed by atoms with Crippen LogP contribution in [-0.2, 0) is 6.54 Å². The Balaban J connectivity index is 1.53. The van der Waals surface area contributed by atoms with Gasteiger partial charge in [-0.25, -0.2) is 18.4 Å². The van der Waals surface area contributed by atoms with E-state index in [9.17, 15) is 18.7 Å². The molecule has 0 aromatic carbocycles. The summed E-state index contributed by atoms with van der Waals surface area (Å²) in [5.74, 6) is -0.107. The summed E-state index contributed by atoms with van der Waals surface area (Å²) >= 11 is 6.26. The van der Waals surface area contributed by atoms with E-state index in [2.05, 4.69) is 15.2 Å². The molecular weight excluding hydrogens is 472 g/mol. The first kappa shape index (κ1) is 24.1. The van der Waals surface area contributed by atoms with Crippen LogP contribution >= 0.6 is 11.6 Å². The summed E-state index contributed by atoms with van der Waals surface area (Å²) in [6, 6.07) is 1.38. The summed E-state index contributed by atoms with van der Waals surface area (Å²) in [5, 5.41) is 17.6. The molecule has 1 N–H and O–H groups in total. The Labute approximate surface area is 198 Å². The molecule has 1 fully saturated rings. The van der Waals surface area contributed by atoms with E-state index in [0.717, 1.165) is 10.9 Å². The first-order valence-electron chi connectivity index (χ1n) is 10.8. The van der Waals surface area contributed by atoms with Crippen molar-refractivity contribution in [2.75, 3.05) is 18.0 Å². The summed E-state index contributed by atoms with van der Waals surface area (Å²) in [4.78, 5) is 18.0. The third-order valence-corrected chi connectivity index (χ3v) is 6.12. The van der Waals surface area contributed by atoms with Crippen LogP contribution in [0.4, 0.5) is 14.5 Å². The first-order valence-corrected chi connectivity index (χ1v) is 11.2. The van der Waals surface area contributed by atoms with E-state index in [1.807, 2.05) is 0 Å². The van der Waals surface area contributed by atoms with E-state index in [4.69, 9.17) is 20.9 Å². The minimum atomic E-state index is -1.42. The lowest BCUT2D eigenvalue weighted by atomic mass is 10.1. The number of halogens is 3. The van der Waals surface area contributed by atoms with Crippen LogP contribution in [0.25, 0.3) is 11.1 Å². The highest BCUT2D eigenvalue weighted by Crippen LogP contribution is 2.33. The van der Waals surface area contributed by atoms with Gasteiger partial charge in [-0.05, 0) is 20.3 Å². The Bertz CT molecular complexity index is 1230. The molecule has 182 valence electrons. The topological polar surface area (TPSA) is 107 Å². The minimum Gasteiger partial charge on any atom is -0.469 e. The summed E-state index contributed by atoms with van der Waals surface area (Å²) in [5.41, 5.74) is 0.881. The third kappa shape index (κ3) is 4.62. The van der Waals surface area contributed by atoms with Crippen LogP contribution in [0.1, 0.15) is 24.8 Å². The molecule has 0 saturated carbocycles. The van der Waals surface area contributed by atoms with Crippen LogP contribution in [0, 0.1) is 19.7 Å². The second-order valence-corrected chi connectivity index (χ2v) is 8.55. The van der Waals surface area contributed by atoms with Crippen LogP contribution < -0.4 is 15.2 Å². The van der Waals surface area contributed by atoms with E-state index in [1.54, 1.807) is 25.7 Å². The molecule has 34 heavy (non-hydrogen) atoms. The van der Waals surface area contributed by atoms with E-state index < -0.39 is 29.8 Å². The van der Waals surface area contributed by atoms with Crippen LogP contribution in [-0.4, -0.2) is 56.5 Å². The van der Waals surface area contributed by atoms with E-state index in [1.165, 1.54) is 12.3 Å². The fourth-order valence-corrected chi connectivity index (χ4v) is 4.14. The molecule has 3 aromatic heterocycles. The van der Waals surface area contributed by atoms with Gasteiger partial charge in [0.2, 0.25) is 5.88 Å². The van der Waals surface area contributed by atoms with Crippen molar-refractivity contribution in [3.63, 3.8) is 0 Å². The number of aliphatic hydroxyl groups is 1. The molecule has 4 heterocycles. The number of alkyl halides is 1. The number of aromatic nitrogens is 4. The molecule has 1 unspecified atom stereocenters. The van der Waals surface area contributed by atoms with Crippen LogP contribution in [0.3, 0.4) is 0 Å². The summed E-state index contributed by atoms with van der Waals surface area (Å²) < 4.78 is 41.2. The number of hydrogen-bond donors (Lipinski definition) is 1. The zero-order chi connectivity index (χ0) is 24.6. The smallest absolute Gasteiger partial charge is 0.287 e. The molecule has 1 saturated heterocycles. The Morgan fingerprint density at radius 2 is 2.12 bits per heavy atom. The maximum atomic E-state index is 14.8. The molecule has 1 aliphatic rings. The van der Waals surface area contributed by atoms with Gasteiger partial charge >= 0.3 is 0 Å². The lowest BCUT2D eigenvalue weighted by Crippen LogP contribution is -2.32. The average molecular weight is 496 g/mol. The van der Waals surface area contributed by atoms with E-state index in [-0.39, 0.29) is 41.8 Å². The summed E-state index contributed by atoms with van der Waals surface area (Å²) in [6.45, 7) is 5.14. The molecule has 3 atom stereocenters. The number of aryl methyl sites for hydroxylation is 2. The fourth-order valence-electron chi connectivity index (χ4n) is 3.88. The predicted molar refractivity (Wildman–Crippen MR) is 120 cm³/mol. The molecular formula is C22H24ClF2N5O4. The number of aliphatic hydroxyl groups excluding tert-OH is 1. The second-order valence-electron chi connectivity index (χ2n) is 8.17. The third-order valence-electron chi connectivity index (χ3n) is 5.77. The number of hydrogen-bond acceptors (Lipinski definition) is 8. The number of nitrogens with zero attached hydrogens (tertiary/aromatic N) is 5. The number of rotatable bonds is 7. The van der Waals surface area contributed by atoms with Gasteiger partial charge < -0.3 is 19.3 Å². The number of pyridine rings is 1. The normalized spacial score (nSPS) is 19.0. The zero-order valence-electron chi connectivity index (χ0n) is 18.8. The largest absolute Gasteiger partial charge is 0.469 e. The Kier molecular flexibility index (Phi) is 6.85. The van der Waals surface area contributed by atoms with Gasteiger partial charge in [-0.15, -0.1) is 0 Å². The van der Waals surface area contributed by atoms with Gasteiger partial charge in [-0.3, -0.25) is 4.79 Å². The number of ether oxygens (including phenoxy) is 1. The molecule has 12 heteroatoms. The van der Waals surface area contributed by atoms with E-state index >= 15 is 0 Å². The monoisotopic (exact) mass is 495 g/mol. The van der Waals surface area contributed by atoms with Gasteiger partial charge in [0.05, 0.1) is 55.1 Å². The van der Waals surface area contributed by atoms with Gasteiger partial charge in [0, 0.05) is 11.6 Å². The SMILES string of the molecule is CCC(O)Cn1ncc(N2C[C@H](Oc3cc(-c4c(C)noc4C)c(F)cn3)[C@@H](F)C2)c(Cl)c1=O. The van der Waals surface area contributed by atoms with Crippen LogP contribution in [0.15, 0.2) is 27.8 Å². The summed E-state index contributed by atoms with van der Waals surface area (Å²) in [7, 11) is 0. The molecule has 0 amide bonds. The van der Waals surface area contributed by atoms with Crippen molar-refractivity contribution < 1.29 is 23.1 Å². The highest BCUT2D eigenvalue weighted by Gasteiger charge is 2.37. The Morgan fingerprint density at radius 1 is 1.35 bits per heavy atom. The lowest BCUT2D eigenvalue weighted by molar-refractivity contribution is 0.134. The van der Waals surface area contributed by atoms with Gasteiger partial charge in [0.15, 0.2) is 12.3 Å². The van der Waals surface area contributed by atoms with Crippen molar-refractivity contribution in [3.05, 3.63) is 51.1 Å². The minimum absolute atomic E-state index is 0.0104. The standard InChI is InChI=1S/C22H24ClF2N5O4/c1-4-13(31)8-30-22(32)21(23)17(7-27-30)29-9-16(25)18(10-29)33-19-5-14(15(24)6-26-19)20-11(2)28-34-12(20)3/h5-7,13,16,18,31H,4,8-10H2,1-3H3/t13?,16-,18-/m0/s1. The van der Waals surface area contributed by atoms with Crippen molar-refractivity contribution in [1.82, 2.24) is 19.9 Å². The fraction of sp³-hybridized carbons (Fsp3) is 0.455. The second kappa shape index (κ2) is 9.67. The molecule has 0 aliphatic carbocycles. The lowest BCUT2D eigenvalue weighted by Gasteiger charge is -2.20. The van der Waals surface area contributed by atoms with E-state index in [0.29, 0.717) is 23.4 Å². The van der Waals surface area contributed by atoms with Crippen molar-refractivity contribution in [1.29, 1.82) is 0 Å². The first-order chi connectivity index (χ1) is 16.2. The maximum absolute atomic E-state index is 14.8. The predicted octanol–water partition coefficient (Wildman–Crippen LogP) is 3.08. The maximum Gasteiger partial charge on any atom is 0.287 e. The molecule has 3 aromatic rings. The van der Waals surface area contributed by atoms with Gasteiger partial charge in [-0.1, -0.05) is 23.7 Å². The molecule has 1 aliphatic heterocycles. The van der Waals surface area contributed by atoms with Crippen molar-refractivity contribution >= 4 is 17.3 Å². The van der Waals surface area contributed by atoms with Gasteiger partial charge in [0.25, 0.3) is 5.56 Å².